The van der Waals surface area contributed by atoms with E-state index in [9.17, 15) is 4.79 Å². The molecule has 0 radical (unpaired) electrons. The summed E-state index contributed by atoms with van der Waals surface area (Å²) in [5, 5.41) is 3.00. The summed E-state index contributed by atoms with van der Waals surface area (Å²) in [6.07, 6.45) is 3.62. The molecule has 0 aromatic carbocycles. The van der Waals surface area contributed by atoms with Crippen LogP contribution in [0.4, 0.5) is 4.79 Å². The largest absolute Gasteiger partial charge is 0.489 e. The summed E-state index contributed by atoms with van der Waals surface area (Å²) in [5.41, 5.74) is 0.786. The maximum Gasteiger partial charge on any atom is 0.317 e. The van der Waals surface area contributed by atoms with Crippen molar-refractivity contribution in [2.24, 2.45) is 0 Å². The molecule has 1 N–H and O–H groups in total. The molecule has 1 aromatic rings. The van der Waals surface area contributed by atoms with Gasteiger partial charge >= 0.3 is 6.03 Å². The van der Waals surface area contributed by atoms with Crippen LogP contribution in [-0.4, -0.2) is 40.6 Å². The average Bonchev–Trinajstić information content (AvgIpc) is 2.40. The lowest BCUT2D eigenvalue weighted by molar-refractivity contribution is 0.108. The number of rotatable bonds is 2. The summed E-state index contributed by atoms with van der Waals surface area (Å²) in [6, 6.07) is 3.90. The molecule has 1 fully saturated rings. The van der Waals surface area contributed by atoms with Gasteiger partial charge in [-0.05, 0) is 39.8 Å². The van der Waals surface area contributed by atoms with Gasteiger partial charge in [-0.1, -0.05) is 0 Å². The normalized spacial score (nSPS) is 16.7. The van der Waals surface area contributed by atoms with Crippen LogP contribution in [0.1, 0.15) is 39.3 Å². The van der Waals surface area contributed by atoms with E-state index in [1.807, 2.05) is 44.7 Å². The monoisotopic (exact) mass is 291 g/mol. The van der Waals surface area contributed by atoms with Crippen LogP contribution in [0.3, 0.4) is 0 Å². The predicted molar refractivity (Wildman–Crippen MR) is 82.5 cm³/mol. The number of urea groups is 1. The Morgan fingerprint density at radius 3 is 2.52 bits per heavy atom. The quantitative estimate of drug-likeness (QED) is 0.911. The minimum atomic E-state index is -0.196. The molecule has 1 saturated heterocycles. The number of ether oxygens (including phenoxy) is 1. The maximum absolute atomic E-state index is 12.1. The summed E-state index contributed by atoms with van der Waals surface area (Å²) in [4.78, 5) is 18.2. The Labute approximate surface area is 126 Å². The van der Waals surface area contributed by atoms with Crippen LogP contribution in [0.2, 0.25) is 0 Å². The van der Waals surface area contributed by atoms with Gasteiger partial charge in [0.1, 0.15) is 11.9 Å². The lowest BCUT2D eigenvalue weighted by Crippen LogP contribution is -2.51. The van der Waals surface area contributed by atoms with Gasteiger partial charge in [-0.25, -0.2) is 4.79 Å². The van der Waals surface area contributed by atoms with Crippen LogP contribution < -0.4 is 10.1 Å². The molecule has 1 aliphatic rings. The van der Waals surface area contributed by atoms with Crippen molar-refractivity contribution in [3.05, 3.63) is 24.0 Å². The summed E-state index contributed by atoms with van der Waals surface area (Å²) < 4.78 is 5.92. The van der Waals surface area contributed by atoms with Crippen molar-refractivity contribution in [1.82, 2.24) is 15.2 Å². The van der Waals surface area contributed by atoms with E-state index in [4.69, 9.17) is 4.74 Å². The second-order valence-corrected chi connectivity index (χ2v) is 6.62. The molecule has 2 heterocycles. The molecule has 0 unspecified atom stereocenters. The van der Waals surface area contributed by atoms with Crippen molar-refractivity contribution < 1.29 is 9.53 Å². The fraction of sp³-hybridized carbons (Fsp3) is 0.625. The van der Waals surface area contributed by atoms with E-state index in [1.54, 1.807) is 6.20 Å². The zero-order valence-corrected chi connectivity index (χ0v) is 13.3. The summed E-state index contributed by atoms with van der Waals surface area (Å²) >= 11 is 0. The Bertz CT molecular complexity index is 471. The van der Waals surface area contributed by atoms with Crippen molar-refractivity contribution >= 4 is 6.03 Å². The van der Waals surface area contributed by atoms with E-state index in [0.29, 0.717) is 0 Å². The number of hydrogen-bond donors (Lipinski definition) is 1. The number of carbonyl (C=O) groups is 1. The Morgan fingerprint density at radius 1 is 1.33 bits per heavy atom. The Morgan fingerprint density at radius 2 is 2.00 bits per heavy atom. The van der Waals surface area contributed by atoms with Gasteiger partial charge in [0.25, 0.3) is 0 Å². The van der Waals surface area contributed by atoms with Gasteiger partial charge in [-0.15, -0.1) is 0 Å². The van der Waals surface area contributed by atoms with Crippen LogP contribution in [0, 0.1) is 6.92 Å². The van der Waals surface area contributed by atoms with Crippen LogP contribution in [0.15, 0.2) is 18.3 Å². The van der Waals surface area contributed by atoms with Crippen LogP contribution in [-0.2, 0) is 0 Å². The lowest BCUT2D eigenvalue weighted by atomic mass is 10.1. The van der Waals surface area contributed by atoms with Gasteiger partial charge in [0, 0.05) is 37.2 Å². The number of nitrogens with zero attached hydrogens (tertiary/aromatic N) is 2. The highest BCUT2D eigenvalue weighted by molar-refractivity contribution is 5.75. The van der Waals surface area contributed by atoms with Crippen molar-refractivity contribution in [3.8, 4) is 5.75 Å². The third-order valence-corrected chi connectivity index (χ3v) is 3.40. The SMILES string of the molecule is Cc1ccc(OC2CCN(C(=O)NC(C)(C)C)CC2)cn1. The number of hydrogen-bond acceptors (Lipinski definition) is 3. The highest BCUT2D eigenvalue weighted by Crippen LogP contribution is 2.18. The van der Waals surface area contributed by atoms with Crippen LogP contribution in [0.25, 0.3) is 0 Å². The van der Waals surface area contributed by atoms with E-state index >= 15 is 0 Å². The molecular formula is C16H25N3O2. The Hall–Kier alpha value is -1.78. The Kier molecular flexibility index (Phi) is 4.70. The number of amides is 2. The molecule has 5 heteroatoms. The molecule has 0 bridgehead atoms. The van der Waals surface area contributed by atoms with E-state index in [2.05, 4.69) is 10.3 Å². The molecule has 1 aliphatic heterocycles. The summed E-state index contributed by atoms with van der Waals surface area (Å²) in [7, 11) is 0. The van der Waals surface area contributed by atoms with Gasteiger partial charge in [-0.2, -0.15) is 0 Å². The second-order valence-electron chi connectivity index (χ2n) is 6.62. The molecule has 2 amide bonds. The van der Waals surface area contributed by atoms with E-state index < -0.39 is 0 Å². The molecule has 2 rings (SSSR count). The number of carbonyl (C=O) groups excluding carboxylic acids is 1. The molecule has 1 aromatic heterocycles. The highest BCUT2D eigenvalue weighted by Gasteiger charge is 2.26. The van der Waals surface area contributed by atoms with Gasteiger partial charge in [0.15, 0.2) is 0 Å². The smallest absolute Gasteiger partial charge is 0.317 e. The number of nitrogens with one attached hydrogen (secondary N) is 1. The fourth-order valence-electron chi connectivity index (χ4n) is 2.29. The lowest BCUT2D eigenvalue weighted by Gasteiger charge is -2.34. The molecule has 5 nitrogen and oxygen atoms in total. The third-order valence-electron chi connectivity index (χ3n) is 3.40. The van der Waals surface area contributed by atoms with Crippen molar-refractivity contribution in [3.63, 3.8) is 0 Å². The standard InChI is InChI=1S/C16H25N3O2/c1-12-5-6-14(11-17-12)21-13-7-9-19(10-8-13)15(20)18-16(2,3)4/h5-6,11,13H,7-10H2,1-4H3,(H,18,20). The minimum absolute atomic E-state index is 0.0120. The second kappa shape index (κ2) is 6.33. The van der Waals surface area contributed by atoms with E-state index in [0.717, 1.165) is 37.4 Å². The van der Waals surface area contributed by atoms with Gasteiger partial charge in [-0.3, -0.25) is 4.98 Å². The molecule has 0 atom stereocenters. The van der Waals surface area contributed by atoms with Gasteiger partial charge < -0.3 is 15.0 Å². The highest BCUT2D eigenvalue weighted by atomic mass is 16.5. The van der Waals surface area contributed by atoms with Gasteiger partial charge in [0.05, 0.1) is 6.20 Å². The topological polar surface area (TPSA) is 54.5 Å². The Balaban J connectivity index is 1.80. The molecule has 116 valence electrons. The number of pyridine rings is 1. The number of piperidine rings is 1. The first kappa shape index (κ1) is 15.6. The third kappa shape index (κ3) is 4.92. The fourth-order valence-corrected chi connectivity index (χ4v) is 2.29. The average molecular weight is 291 g/mol. The first-order valence-electron chi connectivity index (χ1n) is 7.50. The molecular weight excluding hydrogens is 266 g/mol. The summed E-state index contributed by atoms with van der Waals surface area (Å²) in [5.74, 6) is 0.804. The van der Waals surface area contributed by atoms with Crippen molar-refractivity contribution in [2.75, 3.05) is 13.1 Å². The molecule has 0 saturated carbocycles. The first-order valence-corrected chi connectivity index (χ1v) is 7.50. The van der Waals surface area contributed by atoms with Crippen LogP contribution >= 0.6 is 0 Å². The van der Waals surface area contributed by atoms with Gasteiger partial charge in [0.2, 0.25) is 0 Å². The number of likely N-dealkylation sites (tertiary alicyclic amines) is 1. The van der Waals surface area contributed by atoms with E-state index in [-0.39, 0.29) is 17.7 Å². The van der Waals surface area contributed by atoms with Crippen LogP contribution in [0.5, 0.6) is 5.75 Å². The van der Waals surface area contributed by atoms with Crippen molar-refractivity contribution in [2.45, 2.75) is 52.2 Å². The number of aromatic nitrogens is 1. The zero-order chi connectivity index (χ0) is 15.5. The molecule has 21 heavy (non-hydrogen) atoms. The summed E-state index contributed by atoms with van der Waals surface area (Å²) in [6.45, 7) is 9.38. The first-order chi connectivity index (χ1) is 9.83. The maximum atomic E-state index is 12.1. The number of aryl methyl sites for hydroxylation is 1. The van der Waals surface area contributed by atoms with Crippen molar-refractivity contribution in [1.29, 1.82) is 0 Å². The molecule has 0 aliphatic carbocycles. The predicted octanol–water partition coefficient (Wildman–Crippen LogP) is 2.74. The zero-order valence-electron chi connectivity index (χ0n) is 13.3. The van der Waals surface area contributed by atoms with E-state index in [1.165, 1.54) is 0 Å². The minimum Gasteiger partial charge on any atom is -0.489 e. The molecule has 0 spiro atoms.